The Labute approximate surface area is 167 Å². The first-order valence-electron chi connectivity index (χ1n) is 9.18. The lowest BCUT2D eigenvalue weighted by molar-refractivity contribution is 0.0974. The highest BCUT2D eigenvalue weighted by molar-refractivity contribution is 7.22. The molecule has 0 aliphatic carbocycles. The molecular weight excluding hydrogens is 370 g/mol. The van der Waals surface area contributed by atoms with Crippen molar-refractivity contribution in [2.45, 2.75) is 33.9 Å². The Bertz CT molecular complexity index is 1090. The number of carbonyl (C=O) groups excluding carboxylic acids is 1. The Morgan fingerprint density at radius 3 is 2.71 bits per heavy atom. The minimum absolute atomic E-state index is 0.127. The van der Waals surface area contributed by atoms with Gasteiger partial charge in [0.05, 0.1) is 22.5 Å². The van der Waals surface area contributed by atoms with Crippen LogP contribution in [0.4, 0.5) is 5.13 Å². The van der Waals surface area contributed by atoms with Crippen molar-refractivity contribution in [3.8, 4) is 0 Å². The Kier molecular flexibility index (Phi) is 4.92. The van der Waals surface area contributed by atoms with Crippen molar-refractivity contribution in [3.63, 3.8) is 0 Å². The van der Waals surface area contributed by atoms with Crippen molar-refractivity contribution < 1.29 is 4.79 Å². The molecule has 4 rings (SSSR count). The Balaban J connectivity index is 1.79. The van der Waals surface area contributed by atoms with Gasteiger partial charge in [0.2, 0.25) is 0 Å². The van der Waals surface area contributed by atoms with Gasteiger partial charge in [0.1, 0.15) is 5.69 Å². The van der Waals surface area contributed by atoms with Gasteiger partial charge in [0.25, 0.3) is 5.91 Å². The number of aromatic nitrogens is 4. The van der Waals surface area contributed by atoms with Crippen LogP contribution in [-0.4, -0.2) is 25.7 Å². The maximum absolute atomic E-state index is 13.4. The third-order valence-electron chi connectivity index (χ3n) is 4.75. The number of benzene rings is 1. The zero-order valence-electron chi connectivity index (χ0n) is 16.1. The summed E-state index contributed by atoms with van der Waals surface area (Å²) >= 11 is 1.52. The first-order valence-corrected chi connectivity index (χ1v) is 10.00. The number of thiazole rings is 1. The molecule has 3 heterocycles. The highest BCUT2D eigenvalue weighted by atomic mass is 32.1. The van der Waals surface area contributed by atoms with Crippen LogP contribution >= 0.6 is 11.3 Å². The second-order valence-corrected chi connectivity index (χ2v) is 7.65. The van der Waals surface area contributed by atoms with E-state index in [4.69, 9.17) is 4.98 Å². The molecule has 4 aromatic rings. The molecule has 28 heavy (non-hydrogen) atoms. The Hall–Kier alpha value is -3.06. The van der Waals surface area contributed by atoms with Gasteiger partial charge in [-0.05, 0) is 62.2 Å². The normalized spacial score (nSPS) is 11.1. The third kappa shape index (κ3) is 3.41. The molecule has 0 N–H and O–H groups in total. The molecule has 0 aliphatic rings. The second-order valence-electron chi connectivity index (χ2n) is 6.65. The number of pyridine rings is 1. The third-order valence-corrected chi connectivity index (χ3v) is 5.79. The summed E-state index contributed by atoms with van der Waals surface area (Å²) in [5, 5.41) is 4.91. The zero-order valence-corrected chi connectivity index (χ0v) is 16.9. The van der Waals surface area contributed by atoms with Gasteiger partial charge in [0.15, 0.2) is 5.13 Å². The van der Waals surface area contributed by atoms with Gasteiger partial charge in [-0.2, -0.15) is 5.10 Å². The lowest BCUT2D eigenvalue weighted by Crippen LogP contribution is -2.32. The summed E-state index contributed by atoms with van der Waals surface area (Å²) in [7, 11) is 0. The number of amides is 1. The van der Waals surface area contributed by atoms with Gasteiger partial charge in [-0.15, -0.1) is 0 Å². The van der Waals surface area contributed by atoms with Crippen LogP contribution in [0, 0.1) is 13.8 Å². The molecule has 0 saturated carbocycles. The lowest BCUT2D eigenvalue weighted by atomic mass is 10.1. The van der Waals surface area contributed by atoms with E-state index in [1.54, 1.807) is 28.0 Å². The molecule has 0 bridgehead atoms. The van der Waals surface area contributed by atoms with Crippen molar-refractivity contribution in [2.24, 2.45) is 0 Å². The van der Waals surface area contributed by atoms with Crippen molar-refractivity contribution in [2.75, 3.05) is 4.90 Å². The van der Waals surface area contributed by atoms with Crippen LogP contribution in [0.1, 0.15) is 34.2 Å². The van der Waals surface area contributed by atoms with E-state index in [9.17, 15) is 4.79 Å². The number of hydrogen-bond acceptors (Lipinski definition) is 5. The lowest BCUT2D eigenvalue weighted by Gasteiger charge is -2.19. The van der Waals surface area contributed by atoms with Crippen LogP contribution in [0.15, 0.2) is 48.8 Å². The van der Waals surface area contributed by atoms with Gasteiger partial charge < -0.3 is 0 Å². The predicted octanol–water partition coefficient (Wildman–Crippen LogP) is 4.37. The second kappa shape index (κ2) is 7.52. The number of carbonyl (C=O) groups is 1. The zero-order chi connectivity index (χ0) is 19.7. The van der Waals surface area contributed by atoms with Crippen molar-refractivity contribution >= 4 is 32.6 Å². The van der Waals surface area contributed by atoms with Crippen molar-refractivity contribution in [1.82, 2.24) is 19.7 Å². The van der Waals surface area contributed by atoms with E-state index in [1.807, 2.05) is 25.1 Å². The highest BCUT2D eigenvalue weighted by Crippen LogP contribution is 2.32. The van der Waals surface area contributed by atoms with E-state index in [1.165, 1.54) is 22.5 Å². The van der Waals surface area contributed by atoms with Crippen LogP contribution < -0.4 is 4.90 Å². The number of hydrogen-bond donors (Lipinski definition) is 0. The van der Waals surface area contributed by atoms with Crippen molar-refractivity contribution in [3.05, 3.63) is 71.3 Å². The van der Waals surface area contributed by atoms with Gasteiger partial charge in [-0.25, -0.2) is 4.98 Å². The first kappa shape index (κ1) is 18.3. The Morgan fingerprint density at radius 2 is 1.96 bits per heavy atom. The van der Waals surface area contributed by atoms with Crippen LogP contribution in [0.5, 0.6) is 0 Å². The predicted molar refractivity (Wildman–Crippen MR) is 112 cm³/mol. The summed E-state index contributed by atoms with van der Waals surface area (Å²) < 4.78 is 2.77. The number of rotatable bonds is 5. The topological polar surface area (TPSA) is 63.9 Å². The number of aryl methyl sites for hydroxylation is 3. The molecular formula is C21H21N5OS. The van der Waals surface area contributed by atoms with E-state index in [2.05, 4.69) is 36.1 Å². The molecule has 0 saturated heterocycles. The molecule has 6 nitrogen and oxygen atoms in total. The van der Waals surface area contributed by atoms with Gasteiger partial charge in [0, 0.05) is 18.9 Å². The average Bonchev–Trinajstić information content (AvgIpc) is 3.33. The van der Waals surface area contributed by atoms with Crippen molar-refractivity contribution in [1.29, 1.82) is 0 Å². The maximum Gasteiger partial charge on any atom is 0.278 e. The maximum atomic E-state index is 13.4. The molecule has 1 amide bonds. The number of nitrogens with zero attached hydrogens (tertiary/aromatic N) is 5. The van der Waals surface area contributed by atoms with E-state index in [0.29, 0.717) is 23.9 Å². The summed E-state index contributed by atoms with van der Waals surface area (Å²) in [5.41, 5.74) is 4.67. The molecule has 0 fully saturated rings. The molecule has 1 aromatic carbocycles. The average molecular weight is 392 g/mol. The van der Waals surface area contributed by atoms with Gasteiger partial charge in [-0.3, -0.25) is 19.4 Å². The molecule has 7 heteroatoms. The summed E-state index contributed by atoms with van der Waals surface area (Å²) in [4.78, 5) is 24.3. The van der Waals surface area contributed by atoms with Crippen LogP contribution in [-0.2, 0) is 13.1 Å². The largest absolute Gasteiger partial charge is 0.278 e. The van der Waals surface area contributed by atoms with Gasteiger partial charge in [-0.1, -0.05) is 17.4 Å². The smallest absolute Gasteiger partial charge is 0.277 e. The minimum atomic E-state index is -0.127. The fourth-order valence-corrected chi connectivity index (χ4v) is 4.11. The highest BCUT2D eigenvalue weighted by Gasteiger charge is 2.24. The standard InChI is InChI=1S/C21H21N5OS/c1-4-26-18(8-10-23-26)20(27)25(13-16-7-5-6-9-22-16)21-24-17-11-14(2)15(3)12-19(17)28-21/h5-12H,4,13H2,1-3H3. The van der Waals surface area contributed by atoms with E-state index < -0.39 is 0 Å². The number of fused-ring (bicyclic) bond motifs is 1. The molecule has 142 valence electrons. The molecule has 0 unspecified atom stereocenters. The molecule has 0 atom stereocenters. The van der Waals surface area contributed by atoms with E-state index in [0.717, 1.165) is 15.9 Å². The fraction of sp³-hybridized carbons (Fsp3) is 0.238. The first-order chi connectivity index (χ1) is 13.6. The van der Waals surface area contributed by atoms with Crippen LogP contribution in [0.3, 0.4) is 0 Å². The van der Waals surface area contributed by atoms with E-state index >= 15 is 0 Å². The Morgan fingerprint density at radius 1 is 1.14 bits per heavy atom. The minimum Gasteiger partial charge on any atom is -0.277 e. The SMILES string of the molecule is CCn1nccc1C(=O)N(Cc1ccccn1)c1nc2cc(C)c(C)cc2s1. The summed E-state index contributed by atoms with van der Waals surface area (Å²) in [6, 6.07) is 11.7. The molecule has 3 aromatic heterocycles. The molecule has 0 aliphatic heterocycles. The van der Waals surface area contributed by atoms with E-state index in [-0.39, 0.29) is 5.91 Å². The quantitative estimate of drug-likeness (QED) is 0.507. The molecule has 0 spiro atoms. The van der Waals surface area contributed by atoms with Crippen LogP contribution in [0.25, 0.3) is 10.2 Å². The summed E-state index contributed by atoms with van der Waals surface area (Å²) in [5.74, 6) is -0.127. The van der Waals surface area contributed by atoms with Gasteiger partial charge >= 0.3 is 0 Å². The monoisotopic (exact) mass is 391 g/mol. The summed E-state index contributed by atoms with van der Waals surface area (Å²) in [6.45, 7) is 7.11. The summed E-state index contributed by atoms with van der Waals surface area (Å²) in [6.07, 6.45) is 3.39. The van der Waals surface area contributed by atoms with Crippen LogP contribution in [0.2, 0.25) is 0 Å². The fourth-order valence-electron chi connectivity index (χ4n) is 3.07. The number of anilines is 1. The molecule has 0 radical (unpaired) electrons.